The second kappa shape index (κ2) is 7.61. The first kappa shape index (κ1) is 18.0. The third kappa shape index (κ3) is 3.72. The van der Waals surface area contributed by atoms with E-state index in [1.165, 1.54) is 0 Å². The van der Waals surface area contributed by atoms with Gasteiger partial charge in [0.15, 0.2) is 11.6 Å². The largest absolute Gasteiger partial charge is 0.383 e. The summed E-state index contributed by atoms with van der Waals surface area (Å²) in [6.07, 6.45) is 1.48. The molecular formula is C19H17F3N2O2. The molecule has 0 radical (unpaired) electrons. The molecule has 0 aliphatic rings. The number of nitrogens with one attached hydrogen (secondary N) is 1. The van der Waals surface area contributed by atoms with Crippen molar-refractivity contribution in [3.63, 3.8) is 0 Å². The van der Waals surface area contributed by atoms with E-state index in [0.29, 0.717) is 31.0 Å². The number of carbonyl (C=O) groups excluding carboxylic acids is 1. The van der Waals surface area contributed by atoms with E-state index in [0.717, 1.165) is 10.9 Å². The molecule has 0 saturated carbocycles. The zero-order valence-electron chi connectivity index (χ0n) is 14.1. The Balaban J connectivity index is 1.79. The lowest BCUT2D eigenvalue weighted by atomic mass is 10.1. The van der Waals surface area contributed by atoms with Crippen LogP contribution in [-0.2, 0) is 22.5 Å². The Hall–Kier alpha value is -2.80. The lowest BCUT2D eigenvalue weighted by molar-refractivity contribution is -0.115. The summed E-state index contributed by atoms with van der Waals surface area (Å²) in [6, 6.07) is 8.43. The molecule has 0 aliphatic heterocycles. The number of anilines is 1. The van der Waals surface area contributed by atoms with Gasteiger partial charge in [-0.3, -0.25) is 4.79 Å². The Kier molecular flexibility index (Phi) is 5.27. The van der Waals surface area contributed by atoms with Gasteiger partial charge in [0, 0.05) is 36.9 Å². The molecule has 3 rings (SSSR count). The molecule has 1 N–H and O–H groups in total. The summed E-state index contributed by atoms with van der Waals surface area (Å²) in [6.45, 7) is 1.22. The minimum absolute atomic E-state index is 0.203. The van der Waals surface area contributed by atoms with Crippen molar-refractivity contribution in [2.75, 3.05) is 19.0 Å². The van der Waals surface area contributed by atoms with Gasteiger partial charge in [0.05, 0.1) is 24.2 Å². The van der Waals surface area contributed by atoms with Crippen LogP contribution in [0, 0.1) is 17.5 Å². The number of halogens is 3. The number of amides is 1. The van der Waals surface area contributed by atoms with Gasteiger partial charge in [0.2, 0.25) is 5.91 Å². The molecule has 0 unspecified atom stereocenters. The Morgan fingerprint density at radius 1 is 1.12 bits per heavy atom. The van der Waals surface area contributed by atoms with E-state index in [1.807, 2.05) is 22.9 Å². The SMILES string of the molecule is COCCn1ccc2c(NC(=O)Cc3cc(F)c(F)cc3F)cccc21. The number of hydrogen-bond acceptors (Lipinski definition) is 2. The van der Waals surface area contributed by atoms with E-state index in [9.17, 15) is 18.0 Å². The summed E-state index contributed by atoms with van der Waals surface area (Å²) in [5.74, 6) is -3.95. The van der Waals surface area contributed by atoms with E-state index in [4.69, 9.17) is 4.74 Å². The smallest absolute Gasteiger partial charge is 0.228 e. The quantitative estimate of drug-likeness (QED) is 0.676. The summed E-state index contributed by atoms with van der Waals surface area (Å²) in [4.78, 5) is 12.2. The van der Waals surface area contributed by atoms with Gasteiger partial charge in [-0.1, -0.05) is 6.07 Å². The number of aromatic nitrogens is 1. The fourth-order valence-electron chi connectivity index (χ4n) is 2.78. The van der Waals surface area contributed by atoms with Crippen molar-refractivity contribution in [2.24, 2.45) is 0 Å². The average Bonchev–Trinajstić information content (AvgIpc) is 3.02. The van der Waals surface area contributed by atoms with E-state index in [2.05, 4.69) is 5.32 Å². The highest BCUT2D eigenvalue weighted by Crippen LogP contribution is 2.25. The molecule has 136 valence electrons. The topological polar surface area (TPSA) is 43.3 Å². The maximum absolute atomic E-state index is 13.7. The van der Waals surface area contributed by atoms with E-state index in [1.54, 1.807) is 19.2 Å². The number of benzene rings is 2. The zero-order chi connectivity index (χ0) is 18.7. The molecule has 3 aromatic rings. The fraction of sp³-hybridized carbons (Fsp3) is 0.211. The summed E-state index contributed by atoms with van der Waals surface area (Å²) < 4.78 is 47.0. The van der Waals surface area contributed by atoms with Gasteiger partial charge in [0.25, 0.3) is 0 Å². The standard InChI is InChI=1S/C19H17F3N2O2/c1-26-8-7-24-6-5-13-17(3-2-4-18(13)24)23-19(25)10-12-9-15(21)16(22)11-14(12)20/h2-6,9,11H,7-8,10H2,1H3,(H,23,25). The second-order valence-corrected chi connectivity index (χ2v) is 5.82. The number of methoxy groups -OCH3 is 1. The summed E-state index contributed by atoms with van der Waals surface area (Å²) in [5.41, 5.74) is 1.27. The number of fused-ring (bicyclic) bond motifs is 1. The van der Waals surface area contributed by atoms with Gasteiger partial charge >= 0.3 is 0 Å². The van der Waals surface area contributed by atoms with Crippen molar-refractivity contribution < 1.29 is 22.7 Å². The first-order valence-corrected chi connectivity index (χ1v) is 7.99. The molecule has 0 saturated heterocycles. The molecule has 0 aliphatic carbocycles. The van der Waals surface area contributed by atoms with Crippen molar-refractivity contribution in [2.45, 2.75) is 13.0 Å². The summed E-state index contributed by atoms with van der Waals surface area (Å²) in [5, 5.41) is 3.52. The molecule has 0 bridgehead atoms. The van der Waals surface area contributed by atoms with Gasteiger partial charge in [-0.25, -0.2) is 13.2 Å². The maximum atomic E-state index is 13.7. The van der Waals surface area contributed by atoms with Crippen molar-refractivity contribution in [3.05, 3.63) is 65.6 Å². The van der Waals surface area contributed by atoms with Crippen LogP contribution in [-0.4, -0.2) is 24.2 Å². The van der Waals surface area contributed by atoms with Gasteiger partial charge in [-0.05, 0) is 24.3 Å². The first-order valence-electron chi connectivity index (χ1n) is 7.99. The van der Waals surface area contributed by atoms with Crippen LogP contribution in [0.15, 0.2) is 42.6 Å². The number of ether oxygens (including phenoxy) is 1. The predicted molar refractivity (Wildman–Crippen MR) is 92.5 cm³/mol. The van der Waals surface area contributed by atoms with E-state index < -0.39 is 29.8 Å². The van der Waals surface area contributed by atoms with Crippen LogP contribution in [0.4, 0.5) is 18.9 Å². The highest BCUT2D eigenvalue weighted by Gasteiger charge is 2.14. The number of carbonyl (C=O) groups is 1. The van der Waals surface area contributed by atoms with Gasteiger partial charge in [0.1, 0.15) is 5.82 Å². The minimum Gasteiger partial charge on any atom is -0.383 e. The highest BCUT2D eigenvalue weighted by atomic mass is 19.2. The molecule has 0 atom stereocenters. The second-order valence-electron chi connectivity index (χ2n) is 5.82. The fourth-order valence-corrected chi connectivity index (χ4v) is 2.78. The molecule has 0 fully saturated rings. The monoisotopic (exact) mass is 362 g/mol. The van der Waals surface area contributed by atoms with Gasteiger partial charge < -0.3 is 14.6 Å². The maximum Gasteiger partial charge on any atom is 0.228 e. The molecular weight excluding hydrogens is 345 g/mol. The molecule has 4 nitrogen and oxygen atoms in total. The van der Waals surface area contributed by atoms with Gasteiger partial charge in [-0.2, -0.15) is 0 Å². The number of nitrogens with zero attached hydrogens (tertiary/aromatic N) is 1. The van der Waals surface area contributed by atoms with Crippen LogP contribution < -0.4 is 5.32 Å². The van der Waals surface area contributed by atoms with Crippen molar-refractivity contribution >= 4 is 22.5 Å². The Morgan fingerprint density at radius 3 is 2.65 bits per heavy atom. The highest BCUT2D eigenvalue weighted by molar-refractivity contribution is 6.02. The zero-order valence-corrected chi connectivity index (χ0v) is 14.1. The predicted octanol–water partition coefficient (Wildman–Crippen LogP) is 3.89. The van der Waals surface area contributed by atoms with Crippen molar-refractivity contribution in [1.82, 2.24) is 4.57 Å². The molecule has 26 heavy (non-hydrogen) atoms. The Bertz CT molecular complexity index is 953. The van der Waals surface area contributed by atoms with Crippen LogP contribution >= 0.6 is 0 Å². The Morgan fingerprint density at radius 2 is 1.88 bits per heavy atom. The Labute approximate surface area is 148 Å². The van der Waals surface area contributed by atoms with Crippen molar-refractivity contribution in [1.29, 1.82) is 0 Å². The van der Waals surface area contributed by atoms with Crippen LogP contribution in [0.2, 0.25) is 0 Å². The third-order valence-corrected chi connectivity index (χ3v) is 4.06. The normalized spacial score (nSPS) is 11.1. The van der Waals surface area contributed by atoms with Crippen LogP contribution in [0.3, 0.4) is 0 Å². The lowest BCUT2D eigenvalue weighted by Gasteiger charge is -2.09. The molecule has 1 heterocycles. The summed E-state index contributed by atoms with van der Waals surface area (Å²) in [7, 11) is 1.62. The van der Waals surface area contributed by atoms with E-state index in [-0.39, 0.29) is 5.56 Å². The number of rotatable bonds is 6. The molecule has 1 amide bonds. The van der Waals surface area contributed by atoms with Crippen LogP contribution in [0.5, 0.6) is 0 Å². The molecule has 2 aromatic carbocycles. The number of hydrogen-bond donors (Lipinski definition) is 1. The minimum atomic E-state index is -1.28. The van der Waals surface area contributed by atoms with Gasteiger partial charge in [-0.15, -0.1) is 0 Å². The van der Waals surface area contributed by atoms with E-state index >= 15 is 0 Å². The van der Waals surface area contributed by atoms with Crippen molar-refractivity contribution in [3.8, 4) is 0 Å². The molecule has 0 spiro atoms. The average molecular weight is 362 g/mol. The van der Waals surface area contributed by atoms with Crippen LogP contribution in [0.25, 0.3) is 10.9 Å². The first-order chi connectivity index (χ1) is 12.5. The third-order valence-electron chi connectivity index (χ3n) is 4.06. The summed E-state index contributed by atoms with van der Waals surface area (Å²) >= 11 is 0. The molecule has 7 heteroatoms. The lowest BCUT2D eigenvalue weighted by Crippen LogP contribution is -2.16. The molecule has 1 aromatic heterocycles. The van der Waals surface area contributed by atoms with Crippen LogP contribution in [0.1, 0.15) is 5.56 Å².